The zero-order valence-electron chi connectivity index (χ0n) is 10.5. The second-order valence-corrected chi connectivity index (χ2v) is 5.36. The zero-order valence-corrected chi connectivity index (χ0v) is 12.8. The number of ether oxygens (including phenoxy) is 1. The van der Waals surface area contributed by atoms with Crippen molar-refractivity contribution in [3.63, 3.8) is 0 Å². The number of hydrogen-bond donors (Lipinski definition) is 1. The Morgan fingerprint density at radius 2 is 2.00 bits per heavy atom. The van der Waals surface area contributed by atoms with Crippen molar-refractivity contribution in [1.82, 2.24) is 4.98 Å². The van der Waals surface area contributed by atoms with Crippen molar-refractivity contribution >= 4 is 35.6 Å². The van der Waals surface area contributed by atoms with Gasteiger partial charge in [-0.1, -0.05) is 29.3 Å². The molecule has 1 aliphatic rings. The zero-order chi connectivity index (χ0) is 13.5. The third-order valence-electron chi connectivity index (χ3n) is 3.38. The molecule has 3 rings (SSSR count). The number of pyridine rings is 1. The molecule has 0 saturated carbocycles. The molecule has 0 unspecified atom stereocenters. The van der Waals surface area contributed by atoms with E-state index in [-0.39, 0.29) is 12.4 Å². The van der Waals surface area contributed by atoms with E-state index in [4.69, 9.17) is 33.7 Å². The Morgan fingerprint density at radius 1 is 1.20 bits per heavy atom. The lowest BCUT2D eigenvalue weighted by atomic mass is 9.82. The highest BCUT2D eigenvalue weighted by molar-refractivity contribution is 6.42. The van der Waals surface area contributed by atoms with E-state index in [1.165, 1.54) is 0 Å². The number of aromatic nitrogens is 1. The average molecular weight is 332 g/mol. The maximum atomic E-state index is 6.57. The fourth-order valence-corrected chi connectivity index (χ4v) is 2.64. The topological polar surface area (TPSA) is 48.1 Å². The number of fused-ring (bicyclic) bond motifs is 1. The Bertz CT molecular complexity index is 636. The molecule has 1 atom stereocenters. The highest BCUT2D eigenvalue weighted by Gasteiger charge is 2.37. The molecule has 1 aromatic carbocycles. The molecule has 2 heterocycles. The van der Waals surface area contributed by atoms with Crippen LogP contribution in [0.25, 0.3) is 0 Å². The molecule has 3 nitrogen and oxygen atoms in total. The highest BCUT2D eigenvalue weighted by atomic mass is 35.5. The molecule has 0 fully saturated rings. The first-order valence-electron chi connectivity index (χ1n) is 5.94. The number of nitrogens with two attached hydrogens (primary N) is 1. The van der Waals surface area contributed by atoms with E-state index in [0.717, 1.165) is 17.0 Å². The predicted octanol–water partition coefficient (Wildman–Crippen LogP) is 3.80. The van der Waals surface area contributed by atoms with Crippen molar-refractivity contribution in [2.24, 2.45) is 5.73 Å². The first-order valence-corrected chi connectivity index (χ1v) is 6.69. The average Bonchev–Trinajstić information content (AvgIpc) is 2.42. The van der Waals surface area contributed by atoms with Crippen LogP contribution < -0.4 is 10.5 Å². The van der Waals surface area contributed by atoms with Crippen LogP contribution in [0.15, 0.2) is 36.5 Å². The minimum Gasteiger partial charge on any atom is -0.491 e. The lowest BCUT2D eigenvalue weighted by Crippen LogP contribution is -2.43. The number of nitrogens with zero attached hydrogens (tertiary/aromatic N) is 1. The second-order valence-electron chi connectivity index (χ2n) is 4.55. The maximum absolute atomic E-state index is 6.57. The summed E-state index contributed by atoms with van der Waals surface area (Å²) in [5, 5.41) is 1.01. The summed E-state index contributed by atoms with van der Waals surface area (Å²) in [5.74, 6) is 0.724. The smallest absolute Gasteiger partial charge is 0.143 e. The summed E-state index contributed by atoms with van der Waals surface area (Å²) >= 11 is 12.0. The van der Waals surface area contributed by atoms with Gasteiger partial charge in [-0.25, -0.2) is 0 Å². The van der Waals surface area contributed by atoms with Crippen LogP contribution in [0.2, 0.25) is 10.0 Å². The van der Waals surface area contributed by atoms with Crippen LogP contribution in [0.5, 0.6) is 5.75 Å². The molecule has 0 radical (unpaired) electrons. The second kappa shape index (κ2) is 5.78. The summed E-state index contributed by atoms with van der Waals surface area (Å²) in [6.45, 7) is 0.551. The lowest BCUT2D eigenvalue weighted by molar-refractivity contribution is 0.232. The van der Waals surface area contributed by atoms with Gasteiger partial charge in [0.05, 0.1) is 22.2 Å². The van der Waals surface area contributed by atoms with Crippen LogP contribution in [0.4, 0.5) is 0 Å². The molecule has 0 bridgehead atoms. The Balaban J connectivity index is 0.00000147. The monoisotopic (exact) mass is 330 g/mol. The van der Waals surface area contributed by atoms with Gasteiger partial charge in [0.2, 0.25) is 0 Å². The summed E-state index contributed by atoms with van der Waals surface area (Å²) in [7, 11) is 0. The van der Waals surface area contributed by atoms with E-state index in [1.54, 1.807) is 18.3 Å². The van der Waals surface area contributed by atoms with Crippen LogP contribution >= 0.6 is 35.6 Å². The van der Waals surface area contributed by atoms with E-state index in [2.05, 4.69) is 4.98 Å². The standard InChI is InChI=1S/C14H12Cl2N2O.ClH/c15-10-4-3-9(8-11(10)16)14(17)5-7-19-12-2-1-6-18-13(12)14;/h1-4,6,8H,5,7,17H2;1H/t14-;/m0./s1. The number of halogens is 3. The van der Waals surface area contributed by atoms with Gasteiger partial charge in [-0.05, 0) is 29.8 Å². The first-order chi connectivity index (χ1) is 9.11. The molecule has 0 aliphatic carbocycles. The van der Waals surface area contributed by atoms with Crippen molar-refractivity contribution < 1.29 is 4.74 Å². The van der Waals surface area contributed by atoms with Crippen molar-refractivity contribution in [3.05, 3.63) is 57.8 Å². The number of hydrogen-bond acceptors (Lipinski definition) is 3. The van der Waals surface area contributed by atoms with Gasteiger partial charge in [0.25, 0.3) is 0 Å². The van der Waals surface area contributed by atoms with Gasteiger partial charge in [0, 0.05) is 12.6 Å². The van der Waals surface area contributed by atoms with Crippen molar-refractivity contribution in [1.29, 1.82) is 0 Å². The van der Waals surface area contributed by atoms with Crippen LogP contribution in [-0.4, -0.2) is 11.6 Å². The summed E-state index contributed by atoms with van der Waals surface area (Å²) in [4.78, 5) is 4.37. The maximum Gasteiger partial charge on any atom is 0.143 e. The summed E-state index contributed by atoms with van der Waals surface area (Å²) in [6.07, 6.45) is 2.36. The van der Waals surface area contributed by atoms with Gasteiger partial charge in [-0.15, -0.1) is 12.4 Å². The molecular formula is C14H13Cl3N2O. The molecule has 2 aromatic rings. The third kappa shape index (κ3) is 2.47. The third-order valence-corrected chi connectivity index (χ3v) is 4.12. The van der Waals surface area contributed by atoms with Gasteiger partial charge >= 0.3 is 0 Å². The minimum absolute atomic E-state index is 0. The number of benzene rings is 1. The largest absolute Gasteiger partial charge is 0.491 e. The Morgan fingerprint density at radius 3 is 2.75 bits per heavy atom. The molecule has 0 spiro atoms. The first kappa shape index (κ1) is 15.4. The Labute approximate surface area is 133 Å². The lowest BCUT2D eigenvalue weighted by Gasteiger charge is -2.34. The molecule has 0 amide bonds. The fourth-order valence-electron chi connectivity index (χ4n) is 2.34. The van der Waals surface area contributed by atoms with Gasteiger partial charge in [0.15, 0.2) is 0 Å². The highest BCUT2D eigenvalue weighted by Crippen LogP contribution is 2.39. The van der Waals surface area contributed by atoms with Crippen LogP contribution in [0.1, 0.15) is 17.7 Å². The van der Waals surface area contributed by atoms with Gasteiger partial charge < -0.3 is 10.5 Å². The van der Waals surface area contributed by atoms with E-state index < -0.39 is 5.54 Å². The van der Waals surface area contributed by atoms with Crippen molar-refractivity contribution in [2.75, 3.05) is 6.61 Å². The van der Waals surface area contributed by atoms with Gasteiger partial charge in [0.1, 0.15) is 11.4 Å². The Hall–Kier alpha value is -1.00. The predicted molar refractivity (Wildman–Crippen MR) is 83.0 cm³/mol. The van der Waals surface area contributed by atoms with E-state index in [1.807, 2.05) is 18.2 Å². The normalized spacial score (nSPS) is 20.6. The van der Waals surface area contributed by atoms with Crippen LogP contribution in [-0.2, 0) is 5.54 Å². The fraction of sp³-hybridized carbons (Fsp3) is 0.214. The molecule has 1 aromatic heterocycles. The van der Waals surface area contributed by atoms with E-state index >= 15 is 0 Å². The minimum atomic E-state index is -0.691. The molecular weight excluding hydrogens is 319 g/mol. The van der Waals surface area contributed by atoms with E-state index in [9.17, 15) is 0 Å². The quantitative estimate of drug-likeness (QED) is 0.864. The van der Waals surface area contributed by atoms with E-state index in [0.29, 0.717) is 23.1 Å². The Kier molecular flexibility index (Phi) is 4.45. The van der Waals surface area contributed by atoms with Crippen LogP contribution in [0.3, 0.4) is 0 Å². The van der Waals surface area contributed by atoms with Crippen LogP contribution in [0, 0.1) is 0 Å². The van der Waals surface area contributed by atoms with Gasteiger partial charge in [-0.3, -0.25) is 4.98 Å². The summed E-state index contributed by atoms with van der Waals surface area (Å²) < 4.78 is 5.59. The molecule has 20 heavy (non-hydrogen) atoms. The molecule has 106 valence electrons. The van der Waals surface area contributed by atoms with Crippen molar-refractivity contribution in [3.8, 4) is 5.75 Å². The molecule has 0 saturated heterocycles. The molecule has 6 heteroatoms. The van der Waals surface area contributed by atoms with Gasteiger partial charge in [-0.2, -0.15) is 0 Å². The SMILES string of the molecule is Cl.N[C@]1(c2ccc(Cl)c(Cl)c2)CCOc2cccnc21. The summed E-state index contributed by atoms with van der Waals surface area (Å²) in [6, 6.07) is 9.15. The molecule has 1 aliphatic heterocycles. The summed E-state index contributed by atoms with van der Waals surface area (Å²) in [5.41, 5.74) is 7.50. The molecule has 2 N–H and O–H groups in total. The number of rotatable bonds is 1. The van der Waals surface area contributed by atoms with Crippen molar-refractivity contribution in [2.45, 2.75) is 12.0 Å².